The van der Waals surface area contributed by atoms with Crippen LogP contribution < -0.4 is 5.32 Å². The summed E-state index contributed by atoms with van der Waals surface area (Å²) in [4.78, 5) is 44.7. The lowest BCUT2D eigenvalue weighted by atomic mass is 10.1. The highest BCUT2D eigenvalue weighted by molar-refractivity contribution is 8.00. The molecule has 3 aromatic heterocycles. The summed E-state index contributed by atoms with van der Waals surface area (Å²) >= 11 is 3.12. The molecule has 0 radical (unpaired) electrons. The first-order chi connectivity index (χ1) is 15.0. The third-order valence-electron chi connectivity index (χ3n) is 4.30. The van der Waals surface area contributed by atoms with Crippen LogP contribution in [0.5, 0.6) is 0 Å². The summed E-state index contributed by atoms with van der Waals surface area (Å²) in [5.41, 5.74) is 3.12. The number of imidazole rings is 1. The van der Waals surface area contributed by atoms with Crippen molar-refractivity contribution >= 4 is 52.0 Å². The molecule has 0 bridgehead atoms. The van der Waals surface area contributed by atoms with E-state index >= 15 is 0 Å². The third-order valence-corrected chi connectivity index (χ3v) is 6.49. The van der Waals surface area contributed by atoms with Gasteiger partial charge in [0, 0.05) is 16.8 Å². The highest BCUT2D eigenvalue weighted by atomic mass is 32.2. The van der Waals surface area contributed by atoms with Crippen molar-refractivity contribution in [3.8, 4) is 0 Å². The maximum atomic E-state index is 12.8. The molecule has 11 heteroatoms. The van der Waals surface area contributed by atoms with E-state index in [9.17, 15) is 9.59 Å². The molecule has 0 aliphatic carbocycles. The van der Waals surface area contributed by atoms with Gasteiger partial charge < -0.3 is 15.0 Å². The number of hydrogen-bond donors (Lipinski definition) is 2. The largest absolute Gasteiger partial charge is 0.449 e. The second-order valence-corrected chi connectivity index (χ2v) is 8.64. The van der Waals surface area contributed by atoms with Crippen molar-refractivity contribution in [1.82, 2.24) is 24.9 Å². The number of amides is 1. The van der Waals surface area contributed by atoms with Crippen LogP contribution in [0.3, 0.4) is 0 Å². The van der Waals surface area contributed by atoms with Crippen LogP contribution in [0.4, 0.5) is 5.82 Å². The first-order valence-corrected chi connectivity index (χ1v) is 11.2. The molecule has 1 aromatic carbocycles. The van der Waals surface area contributed by atoms with Crippen molar-refractivity contribution in [2.75, 3.05) is 5.32 Å². The fraction of sp³-hybridized carbons (Fsp3) is 0.200. The molecule has 0 saturated heterocycles. The van der Waals surface area contributed by atoms with Crippen LogP contribution in [0.15, 0.2) is 46.6 Å². The van der Waals surface area contributed by atoms with Crippen LogP contribution in [-0.2, 0) is 15.3 Å². The van der Waals surface area contributed by atoms with Gasteiger partial charge in [-0.2, -0.15) is 0 Å². The first kappa shape index (κ1) is 20.9. The van der Waals surface area contributed by atoms with Gasteiger partial charge in [0.2, 0.25) is 0 Å². The number of fused-ring (bicyclic) bond motifs is 1. The fourth-order valence-corrected chi connectivity index (χ4v) is 4.59. The van der Waals surface area contributed by atoms with E-state index < -0.39 is 18.0 Å². The summed E-state index contributed by atoms with van der Waals surface area (Å²) in [7, 11) is 0. The number of rotatable bonds is 7. The van der Waals surface area contributed by atoms with Crippen molar-refractivity contribution in [3.63, 3.8) is 0 Å². The van der Waals surface area contributed by atoms with E-state index in [2.05, 4.69) is 30.2 Å². The van der Waals surface area contributed by atoms with Gasteiger partial charge in [0.15, 0.2) is 17.6 Å². The minimum atomic E-state index is -1.03. The van der Waals surface area contributed by atoms with Crippen LogP contribution >= 0.6 is 23.1 Å². The van der Waals surface area contributed by atoms with Crippen LogP contribution in [0.2, 0.25) is 0 Å². The van der Waals surface area contributed by atoms with E-state index in [-0.39, 0.29) is 5.82 Å². The number of esters is 1. The molecule has 0 spiro atoms. The van der Waals surface area contributed by atoms with Crippen LogP contribution in [0.1, 0.15) is 28.5 Å². The number of anilines is 1. The standard InChI is InChI=1S/C20H18N6O3S2/c1-11-7-30-20(25-11)31-8-13-5-3-4-6-14(13)19(28)29-12(2)18(27)26-17-15-16(22-9-21-15)23-10-24-17/h3-7,9-10,12H,8H2,1-2H3,(H2,21,22,23,24,26,27). The van der Waals surface area contributed by atoms with Crippen LogP contribution in [0.25, 0.3) is 11.2 Å². The van der Waals surface area contributed by atoms with Gasteiger partial charge in [-0.3, -0.25) is 4.79 Å². The molecule has 0 saturated carbocycles. The molecule has 1 amide bonds. The Balaban J connectivity index is 1.41. The minimum absolute atomic E-state index is 0.269. The van der Waals surface area contributed by atoms with Gasteiger partial charge in [-0.25, -0.2) is 24.7 Å². The Labute approximate surface area is 185 Å². The number of thioether (sulfide) groups is 1. The third kappa shape index (κ3) is 4.89. The highest BCUT2D eigenvalue weighted by Crippen LogP contribution is 2.27. The van der Waals surface area contributed by atoms with E-state index in [1.165, 1.54) is 19.6 Å². The first-order valence-electron chi connectivity index (χ1n) is 9.30. The van der Waals surface area contributed by atoms with Gasteiger partial charge in [0.1, 0.15) is 16.2 Å². The van der Waals surface area contributed by atoms with Crippen LogP contribution in [-0.4, -0.2) is 42.9 Å². The number of nitrogens with zero attached hydrogens (tertiary/aromatic N) is 4. The number of thiazole rings is 1. The summed E-state index contributed by atoms with van der Waals surface area (Å²) in [5.74, 6) is -0.236. The smallest absolute Gasteiger partial charge is 0.339 e. The second-order valence-electron chi connectivity index (χ2n) is 6.56. The number of benzene rings is 1. The van der Waals surface area contributed by atoms with E-state index in [0.717, 1.165) is 15.6 Å². The molecular formula is C20H18N6O3S2. The summed E-state index contributed by atoms with van der Waals surface area (Å²) in [5, 5.41) is 4.63. The predicted octanol–water partition coefficient (Wildman–Crippen LogP) is 3.59. The number of nitrogens with one attached hydrogen (secondary N) is 2. The Morgan fingerprint density at radius 1 is 1.26 bits per heavy atom. The van der Waals surface area contributed by atoms with E-state index in [0.29, 0.717) is 22.5 Å². The lowest BCUT2D eigenvalue weighted by Gasteiger charge is -2.15. The fourth-order valence-electron chi connectivity index (χ4n) is 2.74. The van der Waals surface area contributed by atoms with E-state index in [4.69, 9.17) is 4.74 Å². The molecule has 1 unspecified atom stereocenters. The summed E-state index contributed by atoms with van der Waals surface area (Å²) in [6, 6.07) is 7.18. The number of aromatic amines is 1. The lowest BCUT2D eigenvalue weighted by molar-refractivity contribution is -0.123. The minimum Gasteiger partial charge on any atom is -0.449 e. The quantitative estimate of drug-likeness (QED) is 0.321. The van der Waals surface area contributed by atoms with E-state index in [1.54, 1.807) is 35.2 Å². The number of ether oxygens (including phenoxy) is 1. The molecule has 0 aliphatic rings. The Hall–Kier alpha value is -3.31. The van der Waals surface area contributed by atoms with Gasteiger partial charge in [-0.1, -0.05) is 30.0 Å². The molecule has 158 valence electrons. The number of carbonyl (C=O) groups is 2. The molecule has 0 fully saturated rings. The molecule has 31 heavy (non-hydrogen) atoms. The molecule has 9 nitrogen and oxygen atoms in total. The van der Waals surface area contributed by atoms with Crippen LogP contribution in [0, 0.1) is 6.92 Å². The highest BCUT2D eigenvalue weighted by Gasteiger charge is 2.22. The summed E-state index contributed by atoms with van der Waals surface area (Å²) in [6.07, 6.45) is 1.73. The Bertz CT molecular complexity index is 1240. The normalized spacial score (nSPS) is 11.9. The maximum Gasteiger partial charge on any atom is 0.339 e. The molecular weight excluding hydrogens is 436 g/mol. The monoisotopic (exact) mass is 454 g/mol. The molecule has 4 aromatic rings. The molecule has 1 atom stereocenters. The van der Waals surface area contributed by atoms with E-state index in [1.807, 2.05) is 24.4 Å². The van der Waals surface area contributed by atoms with Gasteiger partial charge in [0.05, 0.1) is 11.9 Å². The van der Waals surface area contributed by atoms with Gasteiger partial charge in [0.25, 0.3) is 5.91 Å². The Morgan fingerprint density at radius 3 is 2.90 bits per heavy atom. The van der Waals surface area contributed by atoms with Gasteiger partial charge in [-0.05, 0) is 25.5 Å². The van der Waals surface area contributed by atoms with Gasteiger partial charge in [-0.15, -0.1) is 11.3 Å². The number of aromatic nitrogens is 5. The molecule has 0 aliphatic heterocycles. The van der Waals surface area contributed by atoms with Gasteiger partial charge >= 0.3 is 5.97 Å². The van der Waals surface area contributed by atoms with Crippen molar-refractivity contribution in [3.05, 3.63) is 59.1 Å². The van der Waals surface area contributed by atoms with Crippen molar-refractivity contribution in [2.45, 2.75) is 30.0 Å². The number of hydrogen-bond acceptors (Lipinski definition) is 9. The number of carbonyl (C=O) groups excluding carboxylic acids is 2. The van der Waals surface area contributed by atoms with Crippen molar-refractivity contribution in [1.29, 1.82) is 0 Å². The zero-order valence-corrected chi connectivity index (χ0v) is 18.3. The summed E-state index contributed by atoms with van der Waals surface area (Å²) in [6.45, 7) is 3.45. The zero-order chi connectivity index (χ0) is 21.8. The SMILES string of the molecule is Cc1csc(SCc2ccccc2C(=O)OC(C)C(=O)Nc2ncnc3nc[nH]c23)n1. The maximum absolute atomic E-state index is 12.8. The Morgan fingerprint density at radius 2 is 2.10 bits per heavy atom. The number of H-pyrrole nitrogens is 1. The Kier molecular flexibility index (Phi) is 6.23. The second kappa shape index (κ2) is 9.23. The van der Waals surface area contributed by atoms with Crippen molar-refractivity contribution in [2.24, 2.45) is 0 Å². The lowest BCUT2D eigenvalue weighted by Crippen LogP contribution is -2.30. The number of aryl methyl sites for hydroxylation is 1. The predicted molar refractivity (Wildman–Crippen MR) is 118 cm³/mol. The average Bonchev–Trinajstić information content (AvgIpc) is 3.41. The molecule has 2 N–H and O–H groups in total. The topological polar surface area (TPSA) is 123 Å². The average molecular weight is 455 g/mol. The summed E-state index contributed by atoms with van der Waals surface area (Å²) < 4.78 is 6.35. The van der Waals surface area contributed by atoms with Crippen molar-refractivity contribution < 1.29 is 14.3 Å². The zero-order valence-electron chi connectivity index (χ0n) is 16.7. The molecule has 4 rings (SSSR count). The molecule has 3 heterocycles.